The van der Waals surface area contributed by atoms with Crippen LogP contribution in [0.2, 0.25) is 0 Å². The number of hydrogen-bond donors (Lipinski definition) is 1. The SMILES string of the molecule is CCCC1CN=C(NCc2c(C)nn(C)c2C)S1. The molecule has 0 saturated carbocycles. The lowest BCUT2D eigenvalue weighted by Gasteiger charge is -2.08. The van der Waals surface area contributed by atoms with Crippen molar-refractivity contribution in [2.24, 2.45) is 12.0 Å². The third-order valence-electron chi connectivity index (χ3n) is 3.40. The summed E-state index contributed by atoms with van der Waals surface area (Å²) in [5.41, 5.74) is 3.63. The van der Waals surface area contributed by atoms with Gasteiger partial charge in [0.1, 0.15) is 0 Å². The van der Waals surface area contributed by atoms with Crippen LogP contribution in [0.25, 0.3) is 0 Å². The van der Waals surface area contributed by atoms with E-state index < -0.39 is 0 Å². The minimum Gasteiger partial charge on any atom is -0.361 e. The molecule has 0 radical (unpaired) electrons. The summed E-state index contributed by atoms with van der Waals surface area (Å²) < 4.78 is 1.94. The smallest absolute Gasteiger partial charge is 0.157 e. The maximum atomic E-state index is 4.56. The van der Waals surface area contributed by atoms with E-state index in [0.717, 1.165) is 24.0 Å². The summed E-state index contributed by atoms with van der Waals surface area (Å²) >= 11 is 1.88. The van der Waals surface area contributed by atoms with Gasteiger partial charge < -0.3 is 5.32 Å². The van der Waals surface area contributed by atoms with Crippen LogP contribution in [0.5, 0.6) is 0 Å². The number of aliphatic imine (C=N–C) groups is 1. The second-order valence-electron chi connectivity index (χ2n) is 4.80. The van der Waals surface area contributed by atoms with Crippen LogP contribution in [-0.2, 0) is 13.6 Å². The van der Waals surface area contributed by atoms with Gasteiger partial charge in [-0.1, -0.05) is 25.1 Å². The van der Waals surface area contributed by atoms with Gasteiger partial charge in [0.25, 0.3) is 0 Å². The van der Waals surface area contributed by atoms with Crippen molar-refractivity contribution in [3.05, 3.63) is 17.0 Å². The summed E-state index contributed by atoms with van der Waals surface area (Å²) in [5, 5.41) is 9.64. The first-order valence-electron chi connectivity index (χ1n) is 6.55. The first kappa shape index (κ1) is 13.5. The lowest BCUT2D eigenvalue weighted by Crippen LogP contribution is -2.19. The summed E-state index contributed by atoms with van der Waals surface area (Å²) in [6, 6.07) is 0. The Morgan fingerprint density at radius 1 is 1.44 bits per heavy atom. The largest absolute Gasteiger partial charge is 0.361 e. The van der Waals surface area contributed by atoms with Gasteiger partial charge in [-0.2, -0.15) is 5.10 Å². The van der Waals surface area contributed by atoms with Crippen LogP contribution in [0.1, 0.15) is 36.7 Å². The fourth-order valence-electron chi connectivity index (χ4n) is 2.22. The van der Waals surface area contributed by atoms with E-state index in [4.69, 9.17) is 0 Å². The van der Waals surface area contributed by atoms with E-state index in [1.54, 1.807) is 0 Å². The van der Waals surface area contributed by atoms with Crippen molar-refractivity contribution in [2.45, 2.75) is 45.4 Å². The molecule has 1 aliphatic rings. The molecule has 0 fully saturated rings. The zero-order chi connectivity index (χ0) is 13.1. The van der Waals surface area contributed by atoms with E-state index in [1.807, 2.05) is 23.5 Å². The average Bonchev–Trinajstić information content (AvgIpc) is 2.85. The molecule has 1 aliphatic heterocycles. The van der Waals surface area contributed by atoms with Crippen LogP contribution in [0.4, 0.5) is 0 Å². The summed E-state index contributed by atoms with van der Waals surface area (Å²) in [5.74, 6) is 0. The summed E-state index contributed by atoms with van der Waals surface area (Å²) in [6.07, 6.45) is 2.49. The van der Waals surface area contributed by atoms with Crippen LogP contribution in [0, 0.1) is 13.8 Å². The van der Waals surface area contributed by atoms with E-state index >= 15 is 0 Å². The lowest BCUT2D eigenvalue weighted by atomic mass is 10.2. The number of nitrogens with zero attached hydrogens (tertiary/aromatic N) is 3. The molecule has 0 amide bonds. The summed E-state index contributed by atoms with van der Waals surface area (Å²) in [7, 11) is 1.99. The Kier molecular flexibility index (Phi) is 4.32. The van der Waals surface area contributed by atoms with Crippen LogP contribution >= 0.6 is 11.8 Å². The molecule has 100 valence electrons. The highest BCUT2D eigenvalue weighted by Crippen LogP contribution is 2.24. The van der Waals surface area contributed by atoms with Gasteiger partial charge in [-0.25, -0.2) is 0 Å². The van der Waals surface area contributed by atoms with Crippen molar-refractivity contribution < 1.29 is 0 Å². The molecule has 2 rings (SSSR count). The Labute approximate surface area is 113 Å². The maximum Gasteiger partial charge on any atom is 0.157 e. The van der Waals surface area contributed by atoms with E-state index in [9.17, 15) is 0 Å². The molecule has 1 aromatic heterocycles. The van der Waals surface area contributed by atoms with Crippen molar-refractivity contribution in [3.63, 3.8) is 0 Å². The van der Waals surface area contributed by atoms with E-state index in [2.05, 4.69) is 36.2 Å². The van der Waals surface area contributed by atoms with Gasteiger partial charge in [0.05, 0.1) is 12.2 Å². The Bertz CT molecular complexity index is 450. The number of thioether (sulfide) groups is 1. The van der Waals surface area contributed by atoms with Crippen molar-refractivity contribution in [2.75, 3.05) is 6.54 Å². The summed E-state index contributed by atoms with van der Waals surface area (Å²) in [6.45, 7) is 8.20. The predicted octanol–water partition coefficient (Wildman–Crippen LogP) is 2.40. The lowest BCUT2D eigenvalue weighted by molar-refractivity contribution is 0.729. The molecule has 1 N–H and O–H groups in total. The maximum absolute atomic E-state index is 4.56. The molecule has 5 heteroatoms. The normalized spacial score (nSPS) is 19.1. The summed E-state index contributed by atoms with van der Waals surface area (Å²) in [4.78, 5) is 4.56. The molecule has 0 spiro atoms. The van der Waals surface area contributed by atoms with Crippen molar-refractivity contribution in [1.82, 2.24) is 15.1 Å². The van der Waals surface area contributed by atoms with Crippen molar-refractivity contribution in [1.29, 1.82) is 0 Å². The minimum atomic E-state index is 0.675. The monoisotopic (exact) mass is 266 g/mol. The number of aromatic nitrogens is 2. The van der Waals surface area contributed by atoms with Crippen LogP contribution < -0.4 is 5.32 Å². The Balaban J connectivity index is 1.89. The molecule has 4 nitrogen and oxygen atoms in total. The fourth-order valence-corrected chi connectivity index (χ4v) is 3.35. The van der Waals surface area contributed by atoms with Crippen LogP contribution in [-0.4, -0.2) is 26.7 Å². The Morgan fingerprint density at radius 2 is 2.22 bits per heavy atom. The zero-order valence-electron chi connectivity index (χ0n) is 11.7. The highest BCUT2D eigenvalue weighted by molar-refractivity contribution is 8.14. The number of rotatable bonds is 4. The zero-order valence-corrected chi connectivity index (χ0v) is 12.5. The van der Waals surface area contributed by atoms with Gasteiger partial charge in [0.2, 0.25) is 0 Å². The number of aryl methyl sites for hydroxylation is 2. The van der Waals surface area contributed by atoms with Crippen molar-refractivity contribution >= 4 is 16.9 Å². The molecule has 0 aromatic carbocycles. The molecular weight excluding hydrogens is 244 g/mol. The Hall–Kier alpha value is -0.970. The number of nitrogens with one attached hydrogen (secondary N) is 1. The van der Waals surface area contributed by atoms with Gasteiger partial charge in [-0.15, -0.1) is 0 Å². The van der Waals surface area contributed by atoms with E-state index in [-0.39, 0.29) is 0 Å². The quantitative estimate of drug-likeness (QED) is 0.910. The van der Waals surface area contributed by atoms with Gasteiger partial charge in [0, 0.05) is 30.1 Å². The average molecular weight is 266 g/mol. The third-order valence-corrected chi connectivity index (χ3v) is 4.62. The van der Waals surface area contributed by atoms with Gasteiger partial charge >= 0.3 is 0 Å². The van der Waals surface area contributed by atoms with Gasteiger partial charge in [0.15, 0.2) is 5.17 Å². The predicted molar refractivity (Wildman–Crippen MR) is 78.1 cm³/mol. The number of hydrogen-bond acceptors (Lipinski definition) is 4. The molecule has 0 saturated heterocycles. The topological polar surface area (TPSA) is 42.2 Å². The molecule has 1 unspecified atom stereocenters. The number of amidine groups is 1. The standard InChI is InChI=1S/C13H22N4S/c1-5-6-11-7-14-13(18-11)15-8-12-9(2)16-17(4)10(12)3/h11H,5-8H2,1-4H3,(H,14,15). The highest BCUT2D eigenvalue weighted by Gasteiger charge is 2.19. The van der Waals surface area contributed by atoms with Gasteiger partial charge in [-0.3, -0.25) is 9.67 Å². The molecular formula is C13H22N4S. The first-order chi connectivity index (χ1) is 8.61. The Morgan fingerprint density at radius 3 is 2.83 bits per heavy atom. The second-order valence-corrected chi connectivity index (χ2v) is 6.09. The van der Waals surface area contributed by atoms with E-state index in [0.29, 0.717) is 5.25 Å². The third kappa shape index (κ3) is 2.88. The van der Waals surface area contributed by atoms with Crippen LogP contribution in [0.15, 0.2) is 4.99 Å². The van der Waals surface area contributed by atoms with Gasteiger partial charge in [-0.05, 0) is 20.3 Å². The van der Waals surface area contributed by atoms with Crippen molar-refractivity contribution in [3.8, 4) is 0 Å². The molecule has 18 heavy (non-hydrogen) atoms. The molecule has 0 aliphatic carbocycles. The minimum absolute atomic E-state index is 0.675. The highest BCUT2D eigenvalue weighted by atomic mass is 32.2. The second kappa shape index (κ2) is 5.78. The molecule has 1 aromatic rings. The molecule has 1 atom stereocenters. The van der Waals surface area contributed by atoms with E-state index in [1.165, 1.54) is 24.1 Å². The van der Waals surface area contributed by atoms with Crippen LogP contribution in [0.3, 0.4) is 0 Å². The fraction of sp³-hybridized carbons (Fsp3) is 0.692. The first-order valence-corrected chi connectivity index (χ1v) is 7.43. The molecule has 0 bridgehead atoms. The molecule has 2 heterocycles.